The van der Waals surface area contributed by atoms with E-state index in [4.69, 9.17) is 0 Å². The highest BCUT2D eigenvalue weighted by atomic mass is 19.2. The summed E-state index contributed by atoms with van der Waals surface area (Å²) in [7, 11) is 0. The van der Waals surface area contributed by atoms with Crippen LogP contribution < -0.4 is 5.32 Å². The van der Waals surface area contributed by atoms with E-state index >= 15 is 0 Å². The first-order valence-electron chi connectivity index (χ1n) is 6.69. The highest BCUT2D eigenvalue weighted by Gasteiger charge is 2.18. The Bertz CT molecular complexity index is 540. The molecule has 1 N–H and O–H groups in total. The van der Waals surface area contributed by atoms with E-state index < -0.39 is 28.9 Å². The number of hydrogen-bond acceptors (Lipinski definition) is 1. The Hall–Kier alpha value is -1.78. The van der Waals surface area contributed by atoms with Crippen LogP contribution in [0.3, 0.4) is 0 Å². The lowest BCUT2D eigenvalue weighted by atomic mass is 9.97. The van der Waals surface area contributed by atoms with Crippen molar-refractivity contribution in [2.75, 3.05) is 6.54 Å². The number of halogens is 3. The molecule has 2 rings (SSSR count). The van der Waals surface area contributed by atoms with Crippen molar-refractivity contribution in [3.05, 3.63) is 46.8 Å². The molecule has 0 saturated carbocycles. The van der Waals surface area contributed by atoms with Crippen LogP contribution in [0.1, 0.15) is 42.5 Å². The zero-order chi connectivity index (χ0) is 14.5. The molecule has 0 aromatic heterocycles. The van der Waals surface area contributed by atoms with Crippen LogP contribution in [0.25, 0.3) is 0 Å². The molecule has 20 heavy (non-hydrogen) atoms. The van der Waals surface area contributed by atoms with E-state index in [9.17, 15) is 18.0 Å². The van der Waals surface area contributed by atoms with Crippen molar-refractivity contribution in [1.82, 2.24) is 5.32 Å². The molecule has 2 nitrogen and oxygen atoms in total. The van der Waals surface area contributed by atoms with Crippen LogP contribution in [-0.4, -0.2) is 12.5 Å². The van der Waals surface area contributed by atoms with Gasteiger partial charge in [0, 0.05) is 6.54 Å². The maximum absolute atomic E-state index is 13.4. The van der Waals surface area contributed by atoms with Crippen LogP contribution in [0.4, 0.5) is 13.2 Å². The molecule has 0 radical (unpaired) electrons. The number of hydrogen-bond donors (Lipinski definition) is 1. The number of nitrogens with one attached hydrogen (secondary N) is 1. The second-order valence-corrected chi connectivity index (χ2v) is 4.84. The molecule has 1 aliphatic rings. The number of amides is 1. The highest BCUT2D eigenvalue weighted by molar-refractivity contribution is 5.94. The minimum absolute atomic E-state index is 0.364. The van der Waals surface area contributed by atoms with E-state index in [0.29, 0.717) is 13.0 Å². The molecule has 0 saturated heterocycles. The van der Waals surface area contributed by atoms with Gasteiger partial charge in [-0.2, -0.15) is 0 Å². The van der Waals surface area contributed by atoms with Crippen molar-refractivity contribution < 1.29 is 18.0 Å². The molecular weight excluding hydrogens is 267 g/mol. The van der Waals surface area contributed by atoms with Gasteiger partial charge in [0.2, 0.25) is 0 Å². The number of benzene rings is 1. The second kappa shape index (κ2) is 6.59. The van der Waals surface area contributed by atoms with E-state index in [2.05, 4.69) is 11.4 Å². The predicted octanol–water partition coefficient (Wildman–Crippen LogP) is 3.72. The predicted molar refractivity (Wildman–Crippen MR) is 69.8 cm³/mol. The fraction of sp³-hybridized carbons (Fsp3) is 0.400. The first-order chi connectivity index (χ1) is 9.59. The summed E-state index contributed by atoms with van der Waals surface area (Å²) < 4.78 is 39.2. The van der Waals surface area contributed by atoms with Crippen molar-refractivity contribution in [1.29, 1.82) is 0 Å². The topological polar surface area (TPSA) is 29.1 Å². The van der Waals surface area contributed by atoms with E-state index in [1.165, 1.54) is 12.0 Å². The van der Waals surface area contributed by atoms with Crippen LogP contribution in [0, 0.1) is 17.5 Å². The zero-order valence-corrected chi connectivity index (χ0v) is 11.0. The summed E-state index contributed by atoms with van der Waals surface area (Å²) in [5.74, 6) is -5.09. The molecular formula is C15H16F3NO. The molecule has 1 aromatic carbocycles. The molecule has 0 fully saturated rings. The van der Waals surface area contributed by atoms with Gasteiger partial charge in [-0.05, 0) is 44.2 Å². The molecule has 0 unspecified atom stereocenters. The lowest BCUT2D eigenvalue weighted by molar-refractivity contribution is 0.0948. The van der Waals surface area contributed by atoms with Crippen LogP contribution in [0.2, 0.25) is 0 Å². The molecule has 1 aromatic rings. The lowest BCUT2D eigenvalue weighted by Gasteiger charge is -2.13. The van der Waals surface area contributed by atoms with Crippen molar-refractivity contribution in [3.8, 4) is 0 Å². The summed E-state index contributed by atoms with van der Waals surface area (Å²) in [6.07, 6.45) is 7.29. The summed E-state index contributed by atoms with van der Waals surface area (Å²) in [5, 5.41) is 2.52. The largest absolute Gasteiger partial charge is 0.352 e. The smallest absolute Gasteiger partial charge is 0.254 e. The van der Waals surface area contributed by atoms with Crippen molar-refractivity contribution in [2.45, 2.75) is 32.1 Å². The summed E-state index contributed by atoms with van der Waals surface area (Å²) >= 11 is 0. The zero-order valence-electron chi connectivity index (χ0n) is 11.0. The third-order valence-corrected chi connectivity index (χ3v) is 3.40. The van der Waals surface area contributed by atoms with Crippen molar-refractivity contribution in [3.63, 3.8) is 0 Å². The normalized spacial score (nSPS) is 14.8. The third-order valence-electron chi connectivity index (χ3n) is 3.40. The number of allylic oxidation sites excluding steroid dienone is 1. The Morgan fingerprint density at radius 3 is 2.65 bits per heavy atom. The SMILES string of the molecule is O=C(NCCC1=CCCCC1)c1ccc(F)c(F)c1F. The van der Waals surface area contributed by atoms with Gasteiger partial charge in [0.15, 0.2) is 17.5 Å². The molecule has 1 amide bonds. The molecule has 0 atom stereocenters. The average Bonchev–Trinajstić information content (AvgIpc) is 2.46. The molecule has 0 aliphatic heterocycles. The Morgan fingerprint density at radius 2 is 1.95 bits per heavy atom. The van der Waals surface area contributed by atoms with Gasteiger partial charge in [0.1, 0.15) is 0 Å². The Balaban J connectivity index is 1.92. The summed E-state index contributed by atoms with van der Waals surface area (Å²) in [6, 6.07) is 1.69. The minimum atomic E-state index is -1.62. The van der Waals surface area contributed by atoms with Gasteiger partial charge in [-0.1, -0.05) is 11.6 Å². The van der Waals surface area contributed by atoms with Crippen LogP contribution in [0.15, 0.2) is 23.8 Å². The molecule has 0 heterocycles. The highest BCUT2D eigenvalue weighted by Crippen LogP contribution is 2.19. The van der Waals surface area contributed by atoms with E-state index in [-0.39, 0.29) is 0 Å². The first-order valence-corrected chi connectivity index (χ1v) is 6.69. The van der Waals surface area contributed by atoms with Gasteiger partial charge in [0.05, 0.1) is 5.56 Å². The Kier molecular flexibility index (Phi) is 4.82. The fourth-order valence-corrected chi connectivity index (χ4v) is 2.26. The van der Waals surface area contributed by atoms with Gasteiger partial charge >= 0.3 is 0 Å². The summed E-state index contributed by atoms with van der Waals surface area (Å²) in [6.45, 7) is 0.364. The maximum atomic E-state index is 13.4. The van der Waals surface area contributed by atoms with Crippen LogP contribution in [0.5, 0.6) is 0 Å². The summed E-state index contributed by atoms with van der Waals surface area (Å²) in [4.78, 5) is 11.7. The lowest BCUT2D eigenvalue weighted by Crippen LogP contribution is -2.26. The van der Waals surface area contributed by atoms with E-state index in [0.717, 1.165) is 31.4 Å². The van der Waals surface area contributed by atoms with Crippen molar-refractivity contribution in [2.24, 2.45) is 0 Å². The summed E-state index contributed by atoms with van der Waals surface area (Å²) in [5.41, 5.74) is 0.809. The van der Waals surface area contributed by atoms with E-state index in [1.54, 1.807) is 0 Å². The van der Waals surface area contributed by atoms with Crippen molar-refractivity contribution >= 4 is 5.91 Å². The molecule has 108 valence electrons. The average molecular weight is 283 g/mol. The monoisotopic (exact) mass is 283 g/mol. The van der Waals surface area contributed by atoms with E-state index in [1.807, 2.05) is 0 Å². The third kappa shape index (κ3) is 3.40. The van der Waals surface area contributed by atoms with Gasteiger partial charge in [-0.25, -0.2) is 13.2 Å². The molecule has 5 heteroatoms. The van der Waals surface area contributed by atoms with Gasteiger partial charge in [-0.15, -0.1) is 0 Å². The number of carbonyl (C=O) groups is 1. The first kappa shape index (κ1) is 14.6. The Morgan fingerprint density at radius 1 is 1.15 bits per heavy atom. The second-order valence-electron chi connectivity index (χ2n) is 4.84. The quantitative estimate of drug-likeness (QED) is 0.662. The van der Waals surface area contributed by atoms with Gasteiger partial charge in [0.25, 0.3) is 5.91 Å². The number of carbonyl (C=O) groups excluding carboxylic acids is 1. The van der Waals surface area contributed by atoms with Crippen LogP contribution >= 0.6 is 0 Å². The Labute approximate surface area is 115 Å². The molecule has 0 spiro atoms. The van der Waals surface area contributed by atoms with Gasteiger partial charge in [-0.3, -0.25) is 4.79 Å². The molecule has 0 bridgehead atoms. The standard InChI is InChI=1S/C15H16F3NO/c16-12-7-6-11(13(17)14(12)18)15(20)19-9-8-10-4-2-1-3-5-10/h4,6-7H,1-3,5,8-9H2,(H,19,20). The maximum Gasteiger partial charge on any atom is 0.254 e. The van der Waals surface area contributed by atoms with Crippen LogP contribution in [-0.2, 0) is 0 Å². The minimum Gasteiger partial charge on any atom is -0.352 e. The molecule has 1 aliphatic carbocycles. The van der Waals surface area contributed by atoms with Gasteiger partial charge < -0.3 is 5.32 Å². The fourth-order valence-electron chi connectivity index (χ4n) is 2.26. The number of rotatable bonds is 4.